The lowest BCUT2D eigenvalue weighted by molar-refractivity contribution is -0.155. The maximum atomic E-state index is 14.8. The number of benzene rings is 1. The minimum atomic E-state index is -3.53. The van der Waals surface area contributed by atoms with Crippen molar-refractivity contribution in [1.82, 2.24) is 14.7 Å². The van der Waals surface area contributed by atoms with Crippen LogP contribution < -0.4 is 10.1 Å². The quantitative estimate of drug-likeness (QED) is 0.263. The lowest BCUT2D eigenvalue weighted by Crippen LogP contribution is -2.53. The highest BCUT2D eigenvalue weighted by Gasteiger charge is 2.52. The van der Waals surface area contributed by atoms with Gasteiger partial charge >= 0.3 is 5.92 Å². The Morgan fingerprint density at radius 1 is 1.32 bits per heavy atom. The third-order valence-corrected chi connectivity index (χ3v) is 10.0. The Labute approximate surface area is 261 Å². The van der Waals surface area contributed by atoms with Gasteiger partial charge in [0, 0.05) is 40.3 Å². The highest BCUT2D eigenvalue weighted by molar-refractivity contribution is 14.1. The number of halogens is 5. The molecular weight excluding hydrogens is 839 g/mol. The van der Waals surface area contributed by atoms with E-state index in [9.17, 15) is 18.4 Å². The van der Waals surface area contributed by atoms with Gasteiger partial charge in [0.25, 0.3) is 11.8 Å². The summed E-state index contributed by atoms with van der Waals surface area (Å²) in [6.45, 7) is 0.733. The summed E-state index contributed by atoms with van der Waals surface area (Å²) in [4.78, 5) is 39.0. The van der Waals surface area contributed by atoms with Crippen LogP contribution in [0.3, 0.4) is 0 Å². The number of nitrogens with zero attached hydrogens (tertiary/aromatic N) is 5. The molecule has 1 aromatic carbocycles. The van der Waals surface area contributed by atoms with E-state index in [1.165, 1.54) is 20.4 Å². The first kappa shape index (κ1) is 30.1. The van der Waals surface area contributed by atoms with Gasteiger partial charge in [0.1, 0.15) is 18.0 Å². The second-order valence-electron chi connectivity index (χ2n) is 9.35. The average Bonchev–Trinajstić information content (AvgIpc) is 2.97. The number of likely N-dealkylation sites (N-methyl/N-ethyl adjacent to an activating group) is 1. The highest BCUT2D eigenvalue weighted by Crippen LogP contribution is 2.33. The van der Waals surface area contributed by atoms with Crippen molar-refractivity contribution in [2.45, 2.75) is 45.4 Å². The van der Waals surface area contributed by atoms with E-state index in [2.05, 4.69) is 83.1 Å². The van der Waals surface area contributed by atoms with Gasteiger partial charge < -0.3 is 19.9 Å². The van der Waals surface area contributed by atoms with Crippen molar-refractivity contribution in [2.24, 2.45) is 9.98 Å². The van der Waals surface area contributed by atoms with Crippen LogP contribution in [0.15, 0.2) is 28.2 Å². The summed E-state index contributed by atoms with van der Waals surface area (Å²) in [5.74, 6) is -4.17. The van der Waals surface area contributed by atoms with E-state index in [0.717, 1.165) is 35.3 Å². The Kier molecular flexibility index (Phi) is 10.1. The normalized spacial score (nSPS) is 24.9. The van der Waals surface area contributed by atoms with Gasteiger partial charge in [-0.1, -0.05) is 67.8 Å². The third kappa shape index (κ3) is 6.53. The third-order valence-electron chi connectivity index (χ3n) is 6.82. The molecule has 1 N–H and O–H groups in total. The summed E-state index contributed by atoms with van der Waals surface area (Å²) in [7, 11) is 2.87. The van der Waals surface area contributed by atoms with Crippen LogP contribution in [0.4, 0.5) is 14.5 Å². The molecule has 3 aliphatic rings. The van der Waals surface area contributed by atoms with Crippen LogP contribution in [0.1, 0.15) is 29.6 Å². The van der Waals surface area contributed by atoms with E-state index in [0.29, 0.717) is 27.3 Å². The Morgan fingerprint density at radius 3 is 2.68 bits per heavy atom. The Hall–Kier alpha value is -0.890. The molecule has 3 unspecified atom stereocenters. The number of hydrogen-bond acceptors (Lipinski definition) is 7. The summed E-state index contributed by atoms with van der Waals surface area (Å²) in [6.07, 6.45) is 3.36. The summed E-state index contributed by atoms with van der Waals surface area (Å²) in [6, 6.07) is 4.41. The molecule has 1 aromatic rings. The number of anilines is 1. The molecule has 2 saturated heterocycles. The molecule has 9 nitrogen and oxygen atoms in total. The maximum Gasteiger partial charge on any atom is 0.337 e. The number of piperidine rings is 1. The lowest BCUT2D eigenvalue weighted by atomic mass is 10.1. The molecule has 208 valence electrons. The molecular formula is C24H29F2I3N6O3. The van der Waals surface area contributed by atoms with Crippen LogP contribution in [-0.4, -0.2) is 103 Å². The maximum absolute atomic E-state index is 14.8. The Balaban J connectivity index is 1.58. The van der Waals surface area contributed by atoms with Crippen molar-refractivity contribution >= 4 is 97.4 Å². The number of rotatable bonds is 6. The zero-order valence-electron chi connectivity index (χ0n) is 20.9. The molecule has 2 fully saturated rings. The Bertz CT molecular complexity index is 1120. The van der Waals surface area contributed by atoms with E-state index in [1.54, 1.807) is 23.1 Å². The first-order valence-corrected chi connectivity index (χ1v) is 16.2. The van der Waals surface area contributed by atoms with Crippen LogP contribution in [0, 0.1) is 0 Å². The minimum absolute atomic E-state index is 0.0416. The van der Waals surface area contributed by atoms with Crippen LogP contribution >= 0.6 is 67.8 Å². The highest BCUT2D eigenvalue weighted by atomic mass is 127. The zero-order valence-corrected chi connectivity index (χ0v) is 27.4. The van der Waals surface area contributed by atoms with Gasteiger partial charge in [0.05, 0.1) is 23.4 Å². The molecule has 0 radical (unpaired) electrons. The zero-order chi connectivity index (χ0) is 27.6. The number of carbonyl (C=O) groups excluding carboxylic acids is 2. The number of ether oxygens (including phenoxy) is 1. The molecule has 0 spiro atoms. The molecule has 4 rings (SSSR count). The van der Waals surface area contributed by atoms with Gasteiger partial charge in [0.2, 0.25) is 5.96 Å². The van der Waals surface area contributed by atoms with Crippen LogP contribution in [0.25, 0.3) is 0 Å². The monoisotopic (exact) mass is 868 g/mol. The van der Waals surface area contributed by atoms with E-state index in [-0.39, 0.29) is 15.9 Å². The number of methoxy groups -OCH3 is 1. The van der Waals surface area contributed by atoms with Gasteiger partial charge in [0.15, 0.2) is 0 Å². The first-order valence-electron chi connectivity index (χ1n) is 12.2. The number of likely N-dealkylation sites (tertiary alicyclic amines) is 1. The summed E-state index contributed by atoms with van der Waals surface area (Å²) in [5, 5.41) is 3.12. The number of amides is 2. The molecule has 2 amide bonds. The van der Waals surface area contributed by atoms with E-state index < -0.39 is 30.6 Å². The van der Waals surface area contributed by atoms with Gasteiger partial charge in [-0.05, 0) is 37.5 Å². The van der Waals surface area contributed by atoms with E-state index >= 15 is 0 Å². The fourth-order valence-corrected chi connectivity index (χ4v) is 7.86. The second kappa shape index (κ2) is 12.7. The predicted octanol–water partition coefficient (Wildman–Crippen LogP) is 4.28. The first-order chi connectivity index (χ1) is 18.1. The number of aliphatic imine (C=N–C) groups is 2. The molecule has 3 atom stereocenters. The molecule has 0 saturated carbocycles. The smallest absolute Gasteiger partial charge is 0.337 e. The number of nitrogens with one attached hydrogen (secondary N) is 1. The minimum Gasteiger partial charge on any atom is -0.495 e. The standard InChI is InChI=1S/C24H29F2I3N6O3/c1-33-17-12-30-23(32-20(17)35(19(29)5-8-27)13-24(25,26)22(33)37)31-16-4-3-14(11-18(16)38-2)21(36)34-9-6-15(28)7-10-34/h3-4,11-12,15,17,19-20H,5-10,13H2,1-2H3,(H,31,32). The molecule has 3 heterocycles. The molecule has 0 bridgehead atoms. The molecule has 0 aliphatic carbocycles. The van der Waals surface area contributed by atoms with Crippen molar-refractivity contribution in [1.29, 1.82) is 0 Å². The fraction of sp³-hybridized carbons (Fsp3) is 0.583. The van der Waals surface area contributed by atoms with Crippen molar-refractivity contribution in [3.63, 3.8) is 0 Å². The summed E-state index contributed by atoms with van der Waals surface area (Å²) in [5.41, 5.74) is 1.06. The van der Waals surface area contributed by atoms with Gasteiger partial charge in [-0.15, -0.1) is 0 Å². The second-order valence-corrected chi connectivity index (χ2v) is 13.6. The summed E-state index contributed by atoms with van der Waals surface area (Å²) < 4.78 is 36.3. The van der Waals surface area contributed by atoms with E-state index in [4.69, 9.17) is 4.74 Å². The van der Waals surface area contributed by atoms with Crippen LogP contribution in [-0.2, 0) is 4.79 Å². The SMILES string of the molecule is COc1cc(C(=O)N2CCC(I)CC2)ccc1NC1=NC2C(C=N1)N(C)C(=O)C(F)(F)CN2C(I)CCI. The molecule has 0 aromatic heterocycles. The van der Waals surface area contributed by atoms with Gasteiger partial charge in [-0.25, -0.2) is 9.98 Å². The van der Waals surface area contributed by atoms with Crippen LogP contribution in [0.2, 0.25) is 0 Å². The van der Waals surface area contributed by atoms with Crippen molar-refractivity contribution in [3.8, 4) is 5.75 Å². The number of hydrogen-bond donors (Lipinski definition) is 1. The Morgan fingerprint density at radius 2 is 2.03 bits per heavy atom. The molecule has 3 aliphatic heterocycles. The molecule has 38 heavy (non-hydrogen) atoms. The lowest BCUT2D eigenvalue weighted by Gasteiger charge is -2.37. The largest absolute Gasteiger partial charge is 0.495 e. The number of guanidine groups is 1. The van der Waals surface area contributed by atoms with Crippen molar-refractivity contribution in [2.75, 3.05) is 43.5 Å². The molecule has 14 heteroatoms. The van der Waals surface area contributed by atoms with Crippen molar-refractivity contribution in [3.05, 3.63) is 23.8 Å². The van der Waals surface area contributed by atoms with Crippen LogP contribution in [0.5, 0.6) is 5.75 Å². The fourth-order valence-electron chi connectivity index (χ4n) is 4.68. The number of carbonyl (C=O) groups is 2. The average molecular weight is 868 g/mol. The topological polar surface area (TPSA) is 89.8 Å². The van der Waals surface area contributed by atoms with Crippen molar-refractivity contribution < 1.29 is 23.1 Å². The number of fused-ring (bicyclic) bond motifs is 1. The van der Waals surface area contributed by atoms with Gasteiger partial charge in [-0.3, -0.25) is 14.5 Å². The van der Waals surface area contributed by atoms with Gasteiger partial charge in [-0.2, -0.15) is 8.78 Å². The predicted molar refractivity (Wildman–Crippen MR) is 169 cm³/mol. The summed E-state index contributed by atoms with van der Waals surface area (Å²) >= 11 is 6.77. The number of alkyl halides is 5. The van der Waals surface area contributed by atoms with E-state index in [1.807, 2.05) is 4.90 Å².